The summed E-state index contributed by atoms with van der Waals surface area (Å²) in [5, 5.41) is 3.20. The highest BCUT2D eigenvalue weighted by molar-refractivity contribution is 5.95. The second-order valence-corrected chi connectivity index (χ2v) is 9.92. The van der Waals surface area contributed by atoms with Crippen LogP contribution >= 0.6 is 0 Å². The number of ether oxygens (including phenoxy) is 1. The van der Waals surface area contributed by atoms with Crippen molar-refractivity contribution in [2.75, 3.05) is 38.2 Å². The molecule has 1 atom stereocenters. The summed E-state index contributed by atoms with van der Waals surface area (Å²) in [6.45, 7) is 6.63. The van der Waals surface area contributed by atoms with E-state index in [1.165, 1.54) is 19.3 Å². The van der Waals surface area contributed by atoms with Crippen molar-refractivity contribution < 1.29 is 14.3 Å². The van der Waals surface area contributed by atoms with Gasteiger partial charge in [0.05, 0.1) is 12.1 Å². The molecule has 2 amide bonds. The summed E-state index contributed by atoms with van der Waals surface area (Å²) >= 11 is 0. The van der Waals surface area contributed by atoms with Gasteiger partial charge < -0.3 is 14.5 Å². The van der Waals surface area contributed by atoms with E-state index >= 15 is 0 Å². The molecule has 1 aromatic rings. The number of hydrogen-bond donors (Lipinski definition) is 1. The molecular formula is C25H33N5O3. The Morgan fingerprint density at radius 2 is 2.06 bits per heavy atom. The predicted octanol–water partition coefficient (Wildman–Crippen LogP) is 2.74. The molecule has 3 aliphatic heterocycles. The largest absolute Gasteiger partial charge is 0.488 e. The number of carbonyl (C=O) groups excluding carboxylic acids is 2. The van der Waals surface area contributed by atoms with E-state index in [2.05, 4.69) is 15.2 Å². The van der Waals surface area contributed by atoms with Gasteiger partial charge in [-0.25, -0.2) is 4.98 Å². The van der Waals surface area contributed by atoms with Crippen molar-refractivity contribution in [3.05, 3.63) is 41.9 Å². The number of anilines is 1. The number of fused-ring (bicyclic) bond motifs is 1. The van der Waals surface area contributed by atoms with Crippen LogP contribution in [0, 0.1) is 11.3 Å². The molecule has 1 aliphatic carbocycles. The minimum absolute atomic E-state index is 0.0480. The van der Waals surface area contributed by atoms with Crippen molar-refractivity contribution in [3.8, 4) is 5.75 Å². The Morgan fingerprint density at radius 1 is 1.24 bits per heavy atom. The van der Waals surface area contributed by atoms with Crippen molar-refractivity contribution in [3.63, 3.8) is 0 Å². The van der Waals surface area contributed by atoms with E-state index in [4.69, 9.17) is 4.74 Å². The molecule has 8 heteroatoms. The van der Waals surface area contributed by atoms with Crippen LogP contribution in [0.4, 0.5) is 5.82 Å². The Labute approximate surface area is 195 Å². The first kappa shape index (κ1) is 21.9. The van der Waals surface area contributed by atoms with Crippen LogP contribution in [0.5, 0.6) is 5.75 Å². The number of piperidine rings is 1. The lowest BCUT2D eigenvalue weighted by molar-refractivity contribution is -0.133. The molecule has 0 bridgehead atoms. The molecule has 1 aromatic heterocycles. The van der Waals surface area contributed by atoms with E-state index in [-0.39, 0.29) is 23.9 Å². The smallest absolute Gasteiger partial charge is 0.255 e. The van der Waals surface area contributed by atoms with Crippen LogP contribution in [0.15, 0.2) is 36.3 Å². The Morgan fingerprint density at radius 3 is 2.79 bits per heavy atom. The number of aromatic nitrogens is 1. The number of nitrogens with zero attached hydrogens (tertiary/aromatic N) is 4. The predicted molar refractivity (Wildman–Crippen MR) is 126 cm³/mol. The third-order valence-electron chi connectivity index (χ3n) is 7.20. The minimum atomic E-state index is -0.235. The Bertz CT molecular complexity index is 1010. The maximum atomic E-state index is 13.2. The normalized spacial score (nSPS) is 23.3. The van der Waals surface area contributed by atoms with Crippen LogP contribution in [-0.4, -0.2) is 66.1 Å². The van der Waals surface area contributed by atoms with Gasteiger partial charge in [0.15, 0.2) is 11.6 Å². The molecule has 4 aliphatic rings. The zero-order valence-corrected chi connectivity index (χ0v) is 19.7. The highest BCUT2D eigenvalue weighted by Gasteiger charge is 2.46. The second-order valence-electron chi connectivity index (χ2n) is 9.92. The first-order valence-electron chi connectivity index (χ1n) is 12.0. The van der Waals surface area contributed by atoms with Gasteiger partial charge in [0.1, 0.15) is 12.8 Å². The van der Waals surface area contributed by atoms with Gasteiger partial charge in [-0.15, -0.1) is 0 Å². The number of amides is 2. The summed E-state index contributed by atoms with van der Waals surface area (Å²) in [5.41, 5.74) is 1.92. The van der Waals surface area contributed by atoms with E-state index in [1.54, 1.807) is 11.1 Å². The molecule has 0 radical (unpaired) electrons. The number of nitrogens with one attached hydrogen (secondary N) is 1. The van der Waals surface area contributed by atoms with Crippen LogP contribution in [0.2, 0.25) is 0 Å². The molecule has 1 saturated carbocycles. The average Bonchev–Trinajstić information content (AvgIpc) is 3.59. The van der Waals surface area contributed by atoms with Gasteiger partial charge in [-0.05, 0) is 56.4 Å². The van der Waals surface area contributed by atoms with Crippen LogP contribution in [0.25, 0.3) is 0 Å². The van der Waals surface area contributed by atoms with E-state index in [0.717, 1.165) is 25.2 Å². The first-order valence-corrected chi connectivity index (χ1v) is 12.0. The van der Waals surface area contributed by atoms with Gasteiger partial charge in [-0.3, -0.25) is 19.8 Å². The average molecular weight is 452 g/mol. The maximum absolute atomic E-state index is 13.2. The fourth-order valence-corrected chi connectivity index (χ4v) is 5.07. The molecule has 1 saturated heterocycles. The third-order valence-corrected chi connectivity index (χ3v) is 7.20. The monoisotopic (exact) mass is 451 g/mol. The van der Waals surface area contributed by atoms with Gasteiger partial charge in [0.2, 0.25) is 5.91 Å². The van der Waals surface area contributed by atoms with Gasteiger partial charge in [0.25, 0.3) is 5.91 Å². The Hall–Kier alpha value is -2.87. The lowest BCUT2D eigenvalue weighted by atomic mass is 9.94. The number of likely N-dealkylation sites (N-methyl/N-ethyl adjacent to an activating group) is 1. The van der Waals surface area contributed by atoms with Gasteiger partial charge in [-0.2, -0.15) is 0 Å². The summed E-state index contributed by atoms with van der Waals surface area (Å²) in [4.78, 5) is 36.2. The van der Waals surface area contributed by atoms with Crippen molar-refractivity contribution in [1.82, 2.24) is 20.1 Å². The van der Waals surface area contributed by atoms with Crippen molar-refractivity contribution in [2.24, 2.45) is 11.3 Å². The fourth-order valence-electron chi connectivity index (χ4n) is 5.07. The molecule has 8 nitrogen and oxygen atoms in total. The molecule has 176 valence electrons. The van der Waals surface area contributed by atoms with E-state index in [1.807, 2.05) is 50.2 Å². The van der Waals surface area contributed by atoms with Crippen LogP contribution in [0.3, 0.4) is 0 Å². The molecule has 33 heavy (non-hydrogen) atoms. The lowest BCUT2D eigenvalue weighted by Gasteiger charge is -2.36. The molecular weight excluding hydrogens is 418 g/mol. The molecule has 2 fully saturated rings. The van der Waals surface area contributed by atoms with Crippen molar-refractivity contribution in [1.29, 1.82) is 0 Å². The molecule has 0 aromatic carbocycles. The summed E-state index contributed by atoms with van der Waals surface area (Å²) < 4.78 is 5.91. The minimum Gasteiger partial charge on any atom is -0.488 e. The molecule has 1 spiro atoms. The number of allylic oxidation sites excluding steroid dienone is 1. The topological polar surface area (TPSA) is 78.0 Å². The molecule has 4 heterocycles. The summed E-state index contributed by atoms with van der Waals surface area (Å²) in [6, 6.07) is 1.84. The van der Waals surface area contributed by atoms with E-state index < -0.39 is 0 Å². The molecule has 1 N–H and O–H groups in total. The Kier molecular flexibility index (Phi) is 5.64. The highest BCUT2D eigenvalue weighted by Crippen LogP contribution is 2.52. The van der Waals surface area contributed by atoms with Gasteiger partial charge in [0, 0.05) is 37.1 Å². The standard InChI is InChI=1S/C25H33N5O3/c1-17(2)23(31)30-10-5-19(14-21(30)26-3)29-11-12-33-20-13-18(15-27-22(20)29)24(32)28-9-4-6-25(16-28)7-8-25/h5,10,13-15,17,21,26H,4,6-9,11-12,16H2,1-3H3. The number of hydrogen-bond acceptors (Lipinski definition) is 6. The van der Waals surface area contributed by atoms with Crippen molar-refractivity contribution in [2.45, 2.75) is 45.7 Å². The molecule has 5 rings (SSSR count). The van der Waals surface area contributed by atoms with Crippen LogP contribution in [0.1, 0.15) is 49.9 Å². The fraction of sp³-hybridized carbons (Fsp3) is 0.560. The number of rotatable bonds is 4. The van der Waals surface area contributed by atoms with Gasteiger partial charge in [-0.1, -0.05) is 13.8 Å². The summed E-state index contributed by atoms with van der Waals surface area (Å²) in [5.74, 6) is 1.35. The lowest BCUT2D eigenvalue weighted by Crippen LogP contribution is -2.47. The number of likely N-dealkylation sites (tertiary alicyclic amines) is 1. The van der Waals surface area contributed by atoms with Crippen LogP contribution in [-0.2, 0) is 4.79 Å². The van der Waals surface area contributed by atoms with Gasteiger partial charge >= 0.3 is 0 Å². The van der Waals surface area contributed by atoms with E-state index in [9.17, 15) is 9.59 Å². The SMILES string of the molecule is CNC1C=C(N2CCOc3cc(C(=O)N4CCCC5(CC5)C4)cnc32)C=CN1C(=O)C(C)C. The van der Waals surface area contributed by atoms with E-state index in [0.29, 0.717) is 35.7 Å². The maximum Gasteiger partial charge on any atom is 0.255 e. The van der Waals surface area contributed by atoms with Crippen LogP contribution < -0.4 is 15.0 Å². The Balaban J connectivity index is 1.36. The number of carbonyl (C=O) groups is 2. The zero-order chi connectivity index (χ0) is 23.2. The number of pyridine rings is 1. The third kappa shape index (κ3) is 4.12. The zero-order valence-electron chi connectivity index (χ0n) is 19.7. The highest BCUT2D eigenvalue weighted by atomic mass is 16.5. The second kappa shape index (κ2) is 8.48. The molecule has 1 unspecified atom stereocenters. The quantitative estimate of drug-likeness (QED) is 0.759. The van der Waals surface area contributed by atoms with Crippen molar-refractivity contribution >= 4 is 17.6 Å². The summed E-state index contributed by atoms with van der Waals surface area (Å²) in [7, 11) is 1.84. The first-order chi connectivity index (χ1) is 15.9. The summed E-state index contributed by atoms with van der Waals surface area (Å²) in [6.07, 6.45) is 12.0.